The lowest BCUT2D eigenvalue weighted by atomic mass is 10.1. The minimum atomic E-state index is -0.404. The van der Waals surface area contributed by atoms with Crippen molar-refractivity contribution in [1.29, 1.82) is 0 Å². The number of rotatable bonds is 6. The van der Waals surface area contributed by atoms with E-state index in [1.165, 1.54) is 0 Å². The summed E-state index contributed by atoms with van der Waals surface area (Å²) in [7, 11) is 1.69. The first-order valence-corrected chi connectivity index (χ1v) is 5.29. The maximum atomic E-state index is 10.9. The number of anilines is 1. The van der Waals surface area contributed by atoms with E-state index in [9.17, 15) is 4.79 Å². The number of benzene rings is 1. The Hall–Kier alpha value is -1.55. The molecule has 1 aromatic carbocycles. The number of ether oxygens (including phenoxy) is 1. The normalized spacial score (nSPS) is 12.1. The van der Waals surface area contributed by atoms with Crippen LogP contribution in [0.5, 0.6) is 0 Å². The van der Waals surface area contributed by atoms with Gasteiger partial charge in [0, 0.05) is 31.0 Å². The molecule has 16 heavy (non-hydrogen) atoms. The van der Waals surface area contributed by atoms with Gasteiger partial charge in [-0.25, -0.2) is 0 Å². The number of hydrogen-bond donors (Lipinski definition) is 2. The van der Waals surface area contributed by atoms with Crippen LogP contribution in [-0.2, 0) is 4.74 Å². The zero-order valence-corrected chi connectivity index (χ0v) is 9.69. The number of amides is 1. The van der Waals surface area contributed by atoms with Gasteiger partial charge in [0.2, 0.25) is 5.91 Å². The number of nitrogens with one attached hydrogen (secondary N) is 1. The average Bonchev–Trinajstić information content (AvgIpc) is 2.27. The smallest absolute Gasteiger partial charge is 0.248 e. The molecular weight excluding hydrogens is 204 g/mol. The number of methoxy groups -OCH3 is 1. The summed E-state index contributed by atoms with van der Waals surface area (Å²) in [5.74, 6) is -0.404. The molecule has 0 saturated heterocycles. The molecule has 0 aliphatic rings. The molecule has 1 atom stereocenters. The lowest BCUT2D eigenvalue weighted by Gasteiger charge is -2.14. The second kappa shape index (κ2) is 6.12. The van der Waals surface area contributed by atoms with Crippen LogP contribution in [0, 0.1) is 0 Å². The Kier molecular flexibility index (Phi) is 4.79. The Morgan fingerprint density at radius 2 is 2.06 bits per heavy atom. The van der Waals surface area contributed by atoms with Crippen molar-refractivity contribution in [2.45, 2.75) is 19.4 Å². The molecule has 0 saturated carbocycles. The summed E-state index contributed by atoms with van der Waals surface area (Å²) in [5, 5.41) is 3.31. The van der Waals surface area contributed by atoms with Crippen molar-refractivity contribution in [2.24, 2.45) is 5.73 Å². The molecule has 0 aromatic heterocycles. The van der Waals surface area contributed by atoms with E-state index in [0.29, 0.717) is 11.6 Å². The van der Waals surface area contributed by atoms with Gasteiger partial charge in [-0.05, 0) is 37.6 Å². The fourth-order valence-corrected chi connectivity index (χ4v) is 1.38. The predicted octanol–water partition coefficient (Wildman–Crippen LogP) is 1.62. The highest BCUT2D eigenvalue weighted by molar-refractivity contribution is 5.93. The van der Waals surface area contributed by atoms with Gasteiger partial charge in [0.15, 0.2) is 0 Å². The maximum Gasteiger partial charge on any atom is 0.248 e. The Labute approximate surface area is 95.8 Å². The van der Waals surface area contributed by atoms with Crippen LogP contribution in [0.1, 0.15) is 23.7 Å². The third-order valence-corrected chi connectivity index (χ3v) is 2.34. The number of hydrogen-bond acceptors (Lipinski definition) is 3. The number of carbonyl (C=O) groups is 1. The van der Waals surface area contributed by atoms with Crippen LogP contribution < -0.4 is 11.1 Å². The lowest BCUT2D eigenvalue weighted by molar-refractivity contribution is 0.100. The highest BCUT2D eigenvalue weighted by atomic mass is 16.5. The third kappa shape index (κ3) is 3.90. The van der Waals surface area contributed by atoms with E-state index < -0.39 is 5.91 Å². The predicted molar refractivity (Wildman–Crippen MR) is 64.5 cm³/mol. The van der Waals surface area contributed by atoms with E-state index in [-0.39, 0.29) is 0 Å². The fraction of sp³-hybridized carbons (Fsp3) is 0.417. The first kappa shape index (κ1) is 12.5. The summed E-state index contributed by atoms with van der Waals surface area (Å²) >= 11 is 0. The molecule has 1 amide bonds. The van der Waals surface area contributed by atoms with Gasteiger partial charge in [-0.2, -0.15) is 0 Å². The number of carbonyl (C=O) groups excluding carboxylic acids is 1. The minimum absolute atomic E-state index is 0.333. The van der Waals surface area contributed by atoms with Crippen LogP contribution in [0.25, 0.3) is 0 Å². The Morgan fingerprint density at radius 1 is 1.44 bits per heavy atom. The quantitative estimate of drug-likeness (QED) is 0.768. The Morgan fingerprint density at radius 3 is 2.56 bits per heavy atom. The molecular formula is C12H18N2O2. The van der Waals surface area contributed by atoms with Gasteiger partial charge in [0.25, 0.3) is 0 Å². The van der Waals surface area contributed by atoms with Gasteiger partial charge in [0.05, 0.1) is 0 Å². The number of nitrogens with two attached hydrogens (primary N) is 1. The van der Waals surface area contributed by atoms with Crippen molar-refractivity contribution in [3.63, 3.8) is 0 Å². The molecule has 1 aromatic rings. The van der Waals surface area contributed by atoms with Crippen LogP contribution in [0.2, 0.25) is 0 Å². The SMILES string of the molecule is COCCC(C)Nc1ccc(C(N)=O)cc1. The first-order chi connectivity index (χ1) is 7.63. The molecule has 1 unspecified atom stereocenters. The first-order valence-electron chi connectivity index (χ1n) is 5.29. The van der Waals surface area contributed by atoms with Crippen molar-refractivity contribution < 1.29 is 9.53 Å². The second-order valence-corrected chi connectivity index (χ2v) is 3.77. The molecule has 3 N–H and O–H groups in total. The maximum absolute atomic E-state index is 10.9. The lowest BCUT2D eigenvalue weighted by Crippen LogP contribution is -2.17. The molecule has 0 fully saturated rings. The zero-order valence-electron chi connectivity index (χ0n) is 9.69. The van der Waals surface area contributed by atoms with Gasteiger partial charge in [-0.3, -0.25) is 4.79 Å². The Bertz CT molecular complexity index is 335. The van der Waals surface area contributed by atoms with E-state index in [1.54, 1.807) is 19.2 Å². The summed E-state index contributed by atoms with van der Waals surface area (Å²) in [5.41, 5.74) is 6.66. The molecule has 0 bridgehead atoms. The van der Waals surface area contributed by atoms with Crippen molar-refractivity contribution in [3.8, 4) is 0 Å². The minimum Gasteiger partial charge on any atom is -0.385 e. The molecule has 4 heteroatoms. The van der Waals surface area contributed by atoms with Gasteiger partial charge in [-0.15, -0.1) is 0 Å². The largest absolute Gasteiger partial charge is 0.385 e. The molecule has 0 spiro atoms. The molecule has 0 radical (unpaired) electrons. The zero-order chi connectivity index (χ0) is 12.0. The number of primary amides is 1. The van der Waals surface area contributed by atoms with Gasteiger partial charge in [-0.1, -0.05) is 0 Å². The molecule has 0 aliphatic heterocycles. The van der Waals surface area contributed by atoms with E-state index in [1.807, 2.05) is 12.1 Å². The highest BCUT2D eigenvalue weighted by Gasteiger charge is 2.03. The summed E-state index contributed by atoms with van der Waals surface area (Å²) in [6, 6.07) is 7.47. The van der Waals surface area contributed by atoms with Crippen LogP contribution in [0.15, 0.2) is 24.3 Å². The van der Waals surface area contributed by atoms with E-state index in [4.69, 9.17) is 10.5 Å². The van der Waals surface area contributed by atoms with Crippen LogP contribution >= 0.6 is 0 Å². The van der Waals surface area contributed by atoms with E-state index in [2.05, 4.69) is 12.2 Å². The van der Waals surface area contributed by atoms with E-state index in [0.717, 1.165) is 18.7 Å². The summed E-state index contributed by atoms with van der Waals surface area (Å²) in [6.45, 7) is 2.81. The summed E-state index contributed by atoms with van der Waals surface area (Å²) < 4.78 is 5.00. The molecule has 4 nitrogen and oxygen atoms in total. The highest BCUT2D eigenvalue weighted by Crippen LogP contribution is 2.11. The average molecular weight is 222 g/mol. The molecule has 0 heterocycles. The van der Waals surface area contributed by atoms with Crippen molar-refractivity contribution in [2.75, 3.05) is 19.0 Å². The van der Waals surface area contributed by atoms with Crippen molar-refractivity contribution in [3.05, 3.63) is 29.8 Å². The van der Waals surface area contributed by atoms with Gasteiger partial charge >= 0.3 is 0 Å². The monoisotopic (exact) mass is 222 g/mol. The molecule has 88 valence electrons. The molecule has 1 rings (SSSR count). The van der Waals surface area contributed by atoms with Crippen LogP contribution in [0.3, 0.4) is 0 Å². The van der Waals surface area contributed by atoms with E-state index >= 15 is 0 Å². The Balaban J connectivity index is 2.51. The fourth-order valence-electron chi connectivity index (χ4n) is 1.38. The van der Waals surface area contributed by atoms with Crippen LogP contribution in [-0.4, -0.2) is 25.7 Å². The van der Waals surface area contributed by atoms with Crippen LogP contribution in [0.4, 0.5) is 5.69 Å². The topological polar surface area (TPSA) is 64.3 Å². The molecule has 0 aliphatic carbocycles. The van der Waals surface area contributed by atoms with Gasteiger partial charge in [0.1, 0.15) is 0 Å². The standard InChI is InChI=1S/C12H18N2O2/c1-9(7-8-16-2)14-11-5-3-10(4-6-11)12(13)15/h3-6,9,14H,7-8H2,1-2H3,(H2,13,15). The van der Waals surface area contributed by atoms with Crippen molar-refractivity contribution in [1.82, 2.24) is 0 Å². The van der Waals surface area contributed by atoms with Crippen molar-refractivity contribution >= 4 is 11.6 Å². The summed E-state index contributed by atoms with van der Waals surface area (Å²) in [4.78, 5) is 10.9. The van der Waals surface area contributed by atoms with Gasteiger partial charge < -0.3 is 15.8 Å². The third-order valence-electron chi connectivity index (χ3n) is 2.34. The second-order valence-electron chi connectivity index (χ2n) is 3.77. The summed E-state index contributed by atoms with van der Waals surface area (Å²) in [6.07, 6.45) is 0.939.